The summed E-state index contributed by atoms with van der Waals surface area (Å²) in [7, 11) is 0. The van der Waals surface area contributed by atoms with Crippen LogP contribution in [-0.4, -0.2) is 26.3 Å². The van der Waals surface area contributed by atoms with Crippen LogP contribution in [0.2, 0.25) is 0 Å². The zero-order chi connectivity index (χ0) is 17.2. The third-order valence-electron chi connectivity index (χ3n) is 5.23. The van der Waals surface area contributed by atoms with E-state index in [0.29, 0.717) is 25.4 Å². The molecule has 1 saturated carbocycles. The van der Waals surface area contributed by atoms with Gasteiger partial charge in [-0.15, -0.1) is 0 Å². The molecule has 2 aromatic rings. The Balaban J connectivity index is 1.44. The minimum absolute atomic E-state index is 0.0436. The van der Waals surface area contributed by atoms with Crippen molar-refractivity contribution < 1.29 is 4.79 Å². The van der Waals surface area contributed by atoms with Crippen molar-refractivity contribution >= 4 is 5.91 Å². The van der Waals surface area contributed by atoms with Crippen LogP contribution in [0.1, 0.15) is 36.9 Å². The summed E-state index contributed by atoms with van der Waals surface area (Å²) in [5.41, 5.74) is 2.34. The lowest BCUT2D eigenvalue weighted by atomic mass is 9.91. The number of nitrogens with zero attached hydrogens (tertiary/aromatic N) is 3. The fraction of sp³-hybridized carbons (Fsp3) is 0.526. The van der Waals surface area contributed by atoms with E-state index in [2.05, 4.69) is 10.4 Å². The molecule has 2 aliphatic carbocycles. The quantitative estimate of drug-likeness (QED) is 0.867. The van der Waals surface area contributed by atoms with Gasteiger partial charge in [-0.3, -0.25) is 14.3 Å². The summed E-state index contributed by atoms with van der Waals surface area (Å²) in [5, 5.41) is 7.38. The first-order valence-corrected chi connectivity index (χ1v) is 9.17. The Morgan fingerprint density at radius 3 is 2.88 bits per heavy atom. The monoisotopic (exact) mass is 340 g/mol. The Hall–Kier alpha value is -2.37. The van der Waals surface area contributed by atoms with Crippen molar-refractivity contribution in [1.82, 2.24) is 19.7 Å². The molecule has 25 heavy (non-hydrogen) atoms. The minimum Gasteiger partial charge on any atom is -0.353 e. The van der Waals surface area contributed by atoms with Gasteiger partial charge in [0, 0.05) is 43.2 Å². The number of aryl methyl sites for hydroxylation is 1. The highest BCUT2D eigenvalue weighted by Gasteiger charge is 2.27. The molecule has 6 nitrogen and oxygen atoms in total. The topological polar surface area (TPSA) is 68.9 Å². The molecule has 0 radical (unpaired) electrons. The fourth-order valence-corrected chi connectivity index (χ4v) is 3.70. The molecule has 1 atom stereocenters. The number of pyridine rings is 1. The van der Waals surface area contributed by atoms with Gasteiger partial charge in [-0.05, 0) is 49.7 Å². The summed E-state index contributed by atoms with van der Waals surface area (Å²) in [6.45, 7) is 1.31. The molecule has 132 valence electrons. The Morgan fingerprint density at radius 2 is 2.12 bits per heavy atom. The zero-order valence-corrected chi connectivity index (χ0v) is 14.4. The molecular formula is C19H24N4O2. The van der Waals surface area contributed by atoms with Crippen LogP contribution in [-0.2, 0) is 30.7 Å². The van der Waals surface area contributed by atoms with E-state index >= 15 is 0 Å². The molecule has 1 fully saturated rings. The molecule has 2 aliphatic rings. The van der Waals surface area contributed by atoms with Crippen LogP contribution in [0.5, 0.6) is 0 Å². The molecule has 1 amide bonds. The van der Waals surface area contributed by atoms with Gasteiger partial charge in [0.1, 0.15) is 0 Å². The van der Waals surface area contributed by atoms with E-state index in [0.717, 1.165) is 25.0 Å². The molecule has 0 spiro atoms. The van der Waals surface area contributed by atoms with Crippen LogP contribution >= 0.6 is 0 Å². The van der Waals surface area contributed by atoms with Crippen molar-refractivity contribution in [3.63, 3.8) is 0 Å². The Labute approximate surface area is 146 Å². The Morgan fingerprint density at radius 1 is 1.24 bits per heavy atom. The molecule has 2 heterocycles. The van der Waals surface area contributed by atoms with Crippen molar-refractivity contribution in [3.05, 3.63) is 52.2 Å². The maximum absolute atomic E-state index is 12.3. The fourth-order valence-electron chi connectivity index (χ4n) is 3.70. The van der Waals surface area contributed by atoms with E-state index in [4.69, 9.17) is 0 Å². The molecule has 4 rings (SSSR count). The van der Waals surface area contributed by atoms with E-state index in [9.17, 15) is 9.59 Å². The smallest absolute Gasteiger partial charge is 0.250 e. The van der Waals surface area contributed by atoms with Crippen LogP contribution in [0, 0.1) is 5.92 Å². The number of aromatic nitrogens is 3. The molecule has 1 unspecified atom stereocenters. The van der Waals surface area contributed by atoms with Gasteiger partial charge >= 0.3 is 0 Å². The van der Waals surface area contributed by atoms with E-state index in [1.165, 1.54) is 18.4 Å². The van der Waals surface area contributed by atoms with Crippen LogP contribution in [0.4, 0.5) is 0 Å². The highest BCUT2D eigenvalue weighted by molar-refractivity contribution is 5.76. The number of carbonyl (C=O) groups is 1. The number of fused-ring (bicyclic) bond motifs is 1. The molecular weight excluding hydrogens is 316 g/mol. The average Bonchev–Trinajstić information content (AvgIpc) is 3.25. The second-order valence-corrected chi connectivity index (χ2v) is 7.22. The molecule has 0 saturated heterocycles. The standard InChI is InChI=1S/C19H24N4O2/c24-18(12-14-2-3-14)21-16-5-6-17-15(13-16)4-7-19(25)23(17)11-10-22-9-1-8-20-22/h1,4,7-9,14,16H,2-3,5-6,10-13H2,(H,21,24). The maximum Gasteiger partial charge on any atom is 0.250 e. The summed E-state index contributed by atoms with van der Waals surface area (Å²) in [5.74, 6) is 0.798. The van der Waals surface area contributed by atoms with Crippen LogP contribution in [0.3, 0.4) is 0 Å². The highest BCUT2D eigenvalue weighted by atomic mass is 16.1. The van der Waals surface area contributed by atoms with Gasteiger partial charge in [-0.2, -0.15) is 5.10 Å². The number of nitrogens with one attached hydrogen (secondary N) is 1. The highest BCUT2D eigenvalue weighted by Crippen LogP contribution is 2.32. The predicted octanol–water partition coefficient (Wildman–Crippen LogP) is 1.52. The van der Waals surface area contributed by atoms with Crippen molar-refractivity contribution in [3.8, 4) is 0 Å². The normalized spacial score (nSPS) is 19.4. The minimum atomic E-state index is 0.0436. The van der Waals surface area contributed by atoms with Gasteiger partial charge in [0.2, 0.25) is 5.91 Å². The van der Waals surface area contributed by atoms with Crippen LogP contribution in [0.25, 0.3) is 0 Å². The number of amides is 1. The van der Waals surface area contributed by atoms with Gasteiger partial charge in [-0.25, -0.2) is 0 Å². The molecule has 2 aromatic heterocycles. The van der Waals surface area contributed by atoms with Gasteiger partial charge in [0.15, 0.2) is 0 Å². The van der Waals surface area contributed by atoms with Gasteiger partial charge in [0.05, 0.1) is 6.54 Å². The summed E-state index contributed by atoms with van der Waals surface area (Å²) < 4.78 is 3.72. The Bertz CT molecular complexity index is 805. The third kappa shape index (κ3) is 3.83. The molecule has 1 N–H and O–H groups in total. The van der Waals surface area contributed by atoms with Gasteiger partial charge in [-0.1, -0.05) is 6.07 Å². The van der Waals surface area contributed by atoms with Crippen molar-refractivity contribution in [2.75, 3.05) is 0 Å². The van der Waals surface area contributed by atoms with Crippen LogP contribution in [0.15, 0.2) is 35.4 Å². The number of hydrogen-bond acceptors (Lipinski definition) is 3. The predicted molar refractivity (Wildman–Crippen MR) is 94.2 cm³/mol. The summed E-state index contributed by atoms with van der Waals surface area (Å²) in [6, 6.07) is 5.66. The van der Waals surface area contributed by atoms with Crippen molar-refractivity contribution in [2.45, 2.75) is 57.7 Å². The van der Waals surface area contributed by atoms with Crippen molar-refractivity contribution in [2.24, 2.45) is 5.92 Å². The summed E-state index contributed by atoms with van der Waals surface area (Å²) in [6.07, 6.45) is 9.27. The third-order valence-corrected chi connectivity index (χ3v) is 5.23. The van der Waals surface area contributed by atoms with Gasteiger partial charge < -0.3 is 9.88 Å². The molecule has 0 aromatic carbocycles. The zero-order valence-electron chi connectivity index (χ0n) is 14.4. The molecule has 6 heteroatoms. The number of carbonyl (C=O) groups excluding carboxylic acids is 1. The van der Waals surface area contributed by atoms with Crippen LogP contribution < -0.4 is 10.9 Å². The number of hydrogen-bond donors (Lipinski definition) is 1. The van der Waals surface area contributed by atoms with E-state index in [1.807, 2.05) is 27.6 Å². The summed E-state index contributed by atoms with van der Waals surface area (Å²) >= 11 is 0. The first-order chi connectivity index (χ1) is 12.2. The van der Waals surface area contributed by atoms with Gasteiger partial charge in [0.25, 0.3) is 5.56 Å². The lowest BCUT2D eigenvalue weighted by Crippen LogP contribution is -2.40. The first kappa shape index (κ1) is 16.1. The Kier molecular flexibility index (Phi) is 4.42. The first-order valence-electron chi connectivity index (χ1n) is 9.17. The second-order valence-electron chi connectivity index (χ2n) is 7.22. The molecule has 0 aliphatic heterocycles. The van der Waals surface area contributed by atoms with E-state index in [1.54, 1.807) is 12.3 Å². The largest absolute Gasteiger partial charge is 0.353 e. The lowest BCUT2D eigenvalue weighted by molar-refractivity contribution is -0.122. The summed E-state index contributed by atoms with van der Waals surface area (Å²) in [4.78, 5) is 24.4. The van der Waals surface area contributed by atoms with E-state index < -0.39 is 0 Å². The van der Waals surface area contributed by atoms with E-state index in [-0.39, 0.29) is 17.5 Å². The van der Waals surface area contributed by atoms with Crippen molar-refractivity contribution in [1.29, 1.82) is 0 Å². The lowest BCUT2D eigenvalue weighted by Gasteiger charge is -2.27. The maximum atomic E-state index is 12.3. The SMILES string of the molecule is O=C(CC1CC1)NC1CCc2c(ccc(=O)n2CCn2cccn2)C1. The second kappa shape index (κ2) is 6.86. The molecule has 0 bridgehead atoms. The average molecular weight is 340 g/mol. The number of rotatable bonds is 6.